The highest BCUT2D eigenvalue weighted by molar-refractivity contribution is 6.32. The average molecular weight is 371 g/mol. The number of halogens is 1. The zero-order valence-corrected chi connectivity index (χ0v) is 16.2. The van der Waals surface area contributed by atoms with Crippen molar-refractivity contribution in [1.82, 2.24) is 0 Å². The van der Waals surface area contributed by atoms with E-state index in [-0.39, 0.29) is 11.9 Å². The number of unbranched alkanes of at least 4 members (excludes halogenated alkanes) is 1. The Morgan fingerprint density at radius 3 is 2.42 bits per heavy atom. The molecule has 0 radical (unpaired) electrons. The second kappa shape index (κ2) is 9.23. The van der Waals surface area contributed by atoms with Crippen LogP contribution < -0.4 is 4.74 Å². The molecule has 0 bridgehead atoms. The monoisotopic (exact) mass is 370 g/mol. The second-order valence-electron chi connectivity index (χ2n) is 7.29. The highest BCUT2D eigenvalue weighted by Gasteiger charge is 2.27. The van der Waals surface area contributed by atoms with E-state index < -0.39 is 0 Å². The lowest BCUT2D eigenvalue weighted by atomic mass is 9.80. The predicted molar refractivity (Wildman–Crippen MR) is 107 cm³/mol. The minimum absolute atomic E-state index is 0.0118. The average Bonchev–Trinajstić information content (AvgIpc) is 2.69. The molecule has 0 heterocycles. The van der Waals surface area contributed by atoms with Crippen molar-refractivity contribution >= 4 is 17.6 Å². The Hall–Kier alpha value is -1.80. The van der Waals surface area contributed by atoms with Crippen LogP contribution in [0.4, 0.5) is 0 Å². The molecule has 2 aromatic rings. The van der Waals surface area contributed by atoms with Gasteiger partial charge in [-0.25, -0.2) is 0 Å². The van der Waals surface area contributed by atoms with Gasteiger partial charge >= 0.3 is 5.97 Å². The molecule has 26 heavy (non-hydrogen) atoms. The molecule has 0 N–H and O–H groups in total. The lowest BCUT2D eigenvalue weighted by Gasteiger charge is -2.27. The molecule has 0 aromatic heterocycles. The van der Waals surface area contributed by atoms with Crippen molar-refractivity contribution < 1.29 is 9.53 Å². The number of hydrogen-bond donors (Lipinski definition) is 0. The van der Waals surface area contributed by atoms with Crippen LogP contribution in [0.1, 0.15) is 51.9 Å². The van der Waals surface area contributed by atoms with Crippen LogP contribution >= 0.6 is 11.6 Å². The van der Waals surface area contributed by atoms with E-state index in [0.717, 1.165) is 42.7 Å². The third-order valence-electron chi connectivity index (χ3n) is 5.40. The molecule has 138 valence electrons. The summed E-state index contributed by atoms with van der Waals surface area (Å²) in [4.78, 5) is 12.5. The van der Waals surface area contributed by atoms with Crippen molar-refractivity contribution in [2.75, 3.05) is 0 Å². The zero-order chi connectivity index (χ0) is 18.4. The van der Waals surface area contributed by atoms with E-state index in [4.69, 9.17) is 16.3 Å². The van der Waals surface area contributed by atoms with Crippen LogP contribution in [0.15, 0.2) is 48.5 Å². The molecule has 2 aromatic carbocycles. The van der Waals surface area contributed by atoms with Crippen LogP contribution in [0.25, 0.3) is 11.1 Å². The van der Waals surface area contributed by atoms with Gasteiger partial charge in [-0.1, -0.05) is 74.2 Å². The lowest BCUT2D eigenvalue weighted by Crippen LogP contribution is -2.25. The largest absolute Gasteiger partial charge is 0.425 e. The second-order valence-corrected chi connectivity index (χ2v) is 7.70. The van der Waals surface area contributed by atoms with Crippen LogP contribution in [-0.4, -0.2) is 5.97 Å². The number of esters is 1. The van der Waals surface area contributed by atoms with Gasteiger partial charge in [0, 0.05) is 0 Å². The highest BCUT2D eigenvalue weighted by atomic mass is 35.5. The summed E-state index contributed by atoms with van der Waals surface area (Å²) >= 11 is 6.37. The van der Waals surface area contributed by atoms with E-state index in [1.54, 1.807) is 6.07 Å². The van der Waals surface area contributed by atoms with Gasteiger partial charge in [0.1, 0.15) is 5.75 Å². The molecule has 0 spiro atoms. The first-order valence-electron chi connectivity index (χ1n) is 9.74. The Kier molecular flexibility index (Phi) is 6.73. The van der Waals surface area contributed by atoms with Crippen LogP contribution in [0.5, 0.6) is 5.75 Å². The Morgan fingerprint density at radius 2 is 1.77 bits per heavy atom. The number of benzene rings is 2. The Bertz CT molecular complexity index is 718. The lowest BCUT2D eigenvalue weighted by molar-refractivity contribution is -0.140. The fraction of sp³-hybridized carbons (Fsp3) is 0.435. The minimum Gasteiger partial charge on any atom is -0.425 e. The molecule has 0 atom stereocenters. The topological polar surface area (TPSA) is 26.3 Å². The van der Waals surface area contributed by atoms with E-state index in [1.165, 1.54) is 19.3 Å². The molecular formula is C23H27ClO2. The predicted octanol–water partition coefficient (Wildman–Crippen LogP) is 6.91. The third kappa shape index (κ3) is 4.88. The number of rotatable bonds is 6. The van der Waals surface area contributed by atoms with Crippen molar-refractivity contribution in [3.8, 4) is 16.9 Å². The summed E-state index contributed by atoms with van der Waals surface area (Å²) < 4.78 is 5.62. The number of carbonyl (C=O) groups is 1. The summed E-state index contributed by atoms with van der Waals surface area (Å²) in [6.07, 6.45) is 7.99. The molecule has 1 aliphatic rings. The molecule has 0 amide bonds. The van der Waals surface area contributed by atoms with Gasteiger partial charge in [0.2, 0.25) is 0 Å². The van der Waals surface area contributed by atoms with Crippen LogP contribution in [-0.2, 0) is 4.79 Å². The van der Waals surface area contributed by atoms with Crippen LogP contribution in [0.2, 0.25) is 5.02 Å². The Labute approximate surface area is 161 Å². The smallest absolute Gasteiger partial charge is 0.314 e. The summed E-state index contributed by atoms with van der Waals surface area (Å²) in [5.74, 6) is 1.13. The quantitative estimate of drug-likeness (QED) is 0.408. The van der Waals surface area contributed by atoms with Gasteiger partial charge in [0.05, 0.1) is 10.9 Å². The summed E-state index contributed by atoms with van der Waals surface area (Å²) in [7, 11) is 0. The van der Waals surface area contributed by atoms with Gasteiger partial charge in [0.25, 0.3) is 0 Å². The number of hydrogen-bond acceptors (Lipinski definition) is 2. The van der Waals surface area contributed by atoms with E-state index in [2.05, 4.69) is 6.92 Å². The fourth-order valence-electron chi connectivity index (χ4n) is 3.77. The Balaban J connectivity index is 1.58. The van der Waals surface area contributed by atoms with Crippen molar-refractivity contribution in [1.29, 1.82) is 0 Å². The molecule has 0 saturated heterocycles. The minimum atomic E-state index is -0.131. The van der Waals surface area contributed by atoms with Crippen molar-refractivity contribution in [2.45, 2.75) is 51.9 Å². The molecule has 3 rings (SSSR count). The van der Waals surface area contributed by atoms with Gasteiger partial charge in [0.15, 0.2) is 0 Å². The summed E-state index contributed by atoms with van der Waals surface area (Å²) in [6, 6.07) is 15.7. The molecule has 1 fully saturated rings. The first-order chi connectivity index (χ1) is 12.7. The van der Waals surface area contributed by atoms with Crippen LogP contribution in [0, 0.1) is 11.8 Å². The highest BCUT2D eigenvalue weighted by Crippen LogP contribution is 2.35. The number of ether oxygens (including phenoxy) is 1. The maximum atomic E-state index is 12.5. The van der Waals surface area contributed by atoms with Crippen molar-refractivity contribution in [3.05, 3.63) is 53.6 Å². The first-order valence-corrected chi connectivity index (χ1v) is 10.1. The fourth-order valence-corrected chi connectivity index (χ4v) is 3.98. The maximum absolute atomic E-state index is 12.5. The van der Waals surface area contributed by atoms with E-state index >= 15 is 0 Å². The molecule has 0 unspecified atom stereocenters. The van der Waals surface area contributed by atoms with Crippen molar-refractivity contribution in [3.63, 3.8) is 0 Å². The van der Waals surface area contributed by atoms with Gasteiger partial charge < -0.3 is 4.74 Å². The molecule has 3 heteroatoms. The van der Waals surface area contributed by atoms with Gasteiger partial charge in [-0.3, -0.25) is 4.79 Å². The van der Waals surface area contributed by atoms with E-state index in [0.29, 0.717) is 10.8 Å². The molecule has 1 saturated carbocycles. The normalized spacial score (nSPS) is 19.9. The summed E-state index contributed by atoms with van der Waals surface area (Å²) in [5, 5.41) is 0.483. The third-order valence-corrected chi connectivity index (χ3v) is 5.69. The SMILES string of the molecule is CCCCC1CCC(C(=O)Oc2ccc(-c3ccccc3)cc2Cl)CC1. The molecule has 1 aliphatic carbocycles. The summed E-state index contributed by atoms with van der Waals surface area (Å²) in [5.41, 5.74) is 2.12. The van der Waals surface area contributed by atoms with Crippen molar-refractivity contribution in [2.24, 2.45) is 11.8 Å². The van der Waals surface area contributed by atoms with Gasteiger partial charge in [-0.05, 0) is 54.9 Å². The zero-order valence-electron chi connectivity index (χ0n) is 15.4. The molecular weight excluding hydrogens is 344 g/mol. The standard InChI is InChI=1S/C23H27ClO2/c1-2-3-7-17-10-12-19(13-11-17)23(25)26-22-15-14-20(16-21(22)24)18-8-5-4-6-9-18/h4-6,8-9,14-17,19H,2-3,7,10-13H2,1H3. The van der Waals surface area contributed by atoms with Gasteiger partial charge in [-0.2, -0.15) is 0 Å². The van der Waals surface area contributed by atoms with E-state index in [9.17, 15) is 4.79 Å². The maximum Gasteiger partial charge on any atom is 0.314 e. The number of carbonyl (C=O) groups excluding carboxylic acids is 1. The van der Waals surface area contributed by atoms with Gasteiger partial charge in [-0.15, -0.1) is 0 Å². The Morgan fingerprint density at radius 1 is 1.04 bits per heavy atom. The first kappa shape index (κ1) is 19.0. The van der Waals surface area contributed by atoms with Crippen LogP contribution in [0.3, 0.4) is 0 Å². The molecule has 2 nitrogen and oxygen atoms in total. The summed E-state index contributed by atoms with van der Waals surface area (Å²) in [6.45, 7) is 2.23. The van der Waals surface area contributed by atoms with E-state index in [1.807, 2.05) is 42.5 Å². The molecule has 0 aliphatic heterocycles.